The predicted octanol–water partition coefficient (Wildman–Crippen LogP) is 3.08. The summed E-state index contributed by atoms with van der Waals surface area (Å²) >= 11 is 11.5. The highest BCUT2D eigenvalue weighted by Gasteiger charge is 2.07. The lowest BCUT2D eigenvalue weighted by Crippen LogP contribution is -1.73. The minimum absolute atomic E-state index is 0.512. The highest BCUT2D eigenvalue weighted by molar-refractivity contribution is 7.78. The van der Waals surface area contributed by atoms with Crippen molar-refractivity contribution in [3.63, 3.8) is 0 Å². The summed E-state index contributed by atoms with van der Waals surface area (Å²) in [6, 6.07) is 3.51. The van der Waals surface area contributed by atoms with E-state index in [0.717, 1.165) is 17.2 Å². The van der Waals surface area contributed by atoms with Gasteiger partial charge in [0.25, 0.3) is 0 Å². The van der Waals surface area contributed by atoms with Crippen LogP contribution in [0.5, 0.6) is 0 Å². The monoisotopic (exact) mass is 227 g/mol. The largest absolute Gasteiger partial charge is 0.191 e. The Morgan fingerprint density at radius 2 is 2.31 bits per heavy atom. The number of isothiocyanates is 1. The lowest BCUT2D eigenvalue weighted by atomic mass is 10.3. The summed E-state index contributed by atoms with van der Waals surface area (Å²) in [5, 5.41) is 2.78. The first-order chi connectivity index (χ1) is 6.33. The number of fused-ring (bicyclic) bond motifs is 1. The highest BCUT2D eigenvalue weighted by Crippen LogP contribution is 2.31. The lowest BCUT2D eigenvalue weighted by molar-refractivity contribution is 1.55. The van der Waals surface area contributed by atoms with E-state index >= 15 is 0 Å². The number of rotatable bonds is 1. The smallest absolute Gasteiger partial charge is 0.132 e. The average Bonchev–Trinajstić information content (AvgIpc) is 2.58. The van der Waals surface area contributed by atoms with Gasteiger partial charge in [0.1, 0.15) is 16.7 Å². The van der Waals surface area contributed by atoms with Crippen LogP contribution in [0.4, 0.5) is 5.69 Å². The van der Waals surface area contributed by atoms with Gasteiger partial charge < -0.3 is 0 Å². The van der Waals surface area contributed by atoms with Crippen LogP contribution in [0.25, 0.3) is 11.0 Å². The van der Waals surface area contributed by atoms with Gasteiger partial charge in [-0.05, 0) is 24.4 Å². The van der Waals surface area contributed by atoms with Crippen molar-refractivity contribution in [3.8, 4) is 0 Å². The van der Waals surface area contributed by atoms with Gasteiger partial charge in [0, 0.05) is 0 Å². The van der Waals surface area contributed by atoms with Gasteiger partial charge in [-0.1, -0.05) is 11.6 Å². The summed E-state index contributed by atoms with van der Waals surface area (Å²) in [6.45, 7) is 0. The van der Waals surface area contributed by atoms with Crippen molar-refractivity contribution in [2.45, 2.75) is 0 Å². The molecular weight excluding hydrogens is 226 g/mol. The topological polar surface area (TPSA) is 38.1 Å². The van der Waals surface area contributed by atoms with Crippen molar-refractivity contribution < 1.29 is 0 Å². The molecule has 0 bridgehead atoms. The van der Waals surface area contributed by atoms with E-state index in [4.69, 9.17) is 11.6 Å². The van der Waals surface area contributed by atoms with Crippen LogP contribution < -0.4 is 0 Å². The quantitative estimate of drug-likeness (QED) is 0.555. The molecule has 64 valence electrons. The minimum atomic E-state index is 0.512. The molecule has 2 aromatic rings. The molecule has 1 heterocycles. The molecule has 0 saturated heterocycles. The van der Waals surface area contributed by atoms with E-state index in [9.17, 15) is 0 Å². The number of hydrogen-bond donors (Lipinski definition) is 0. The Morgan fingerprint density at radius 1 is 1.46 bits per heavy atom. The Labute approximate surface area is 88.4 Å². The molecule has 0 spiro atoms. The number of benzene rings is 1. The van der Waals surface area contributed by atoms with Crippen molar-refractivity contribution >= 4 is 57.4 Å². The van der Waals surface area contributed by atoms with E-state index in [1.54, 1.807) is 12.1 Å². The summed E-state index contributed by atoms with van der Waals surface area (Å²) in [5.74, 6) is 0. The number of hydrogen-bond acceptors (Lipinski definition) is 5. The maximum absolute atomic E-state index is 5.90. The second-order valence-corrected chi connectivity index (χ2v) is 3.35. The van der Waals surface area contributed by atoms with Gasteiger partial charge in [0.2, 0.25) is 0 Å². The van der Waals surface area contributed by atoms with Gasteiger partial charge >= 0.3 is 0 Å². The first-order valence-electron chi connectivity index (χ1n) is 3.31. The van der Waals surface area contributed by atoms with Crippen LogP contribution in [-0.2, 0) is 0 Å². The van der Waals surface area contributed by atoms with Crippen LogP contribution >= 0.6 is 35.5 Å². The fourth-order valence-corrected chi connectivity index (χ4v) is 1.79. The SMILES string of the molecule is S=C=Nc1c(Cl)ccc2nsnc12. The molecule has 0 atom stereocenters. The number of halogens is 1. The molecule has 1 aromatic carbocycles. The van der Waals surface area contributed by atoms with Gasteiger partial charge in [-0.2, -0.15) is 13.7 Å². The molecule has 0 aliphatic rings. The summed E-state index contributed by atoms with van der Waals surface area (Å²) in [7, 11) is 0. The van der Waals surface area contributed by atoms with Crippen molar-refractivity contribution in [2.75, 3.05) is 0 Å². The van der Waals surface area contributed by atoms with Crippen LogP contribution in [0, 0.1) is 0 Å². The van der Waals surface area contributed by atoms with Crippen LogP contribution in [0.15, 0.2) is 17.1 Å². The molecule has 0 fully saturated rings. The van der Waals surface area contributed by atoms with Gasteiger partial charge in [-0.15, -0.1) is 0 Å². The highest BCUT2D eigenvalue weighted by atomic mass is 35.5. The van der Waals surface area contributed by atoms with Gasteiger partial charge in [-0.25, -0.2) is 0 Å². The van der Waals surface area contributed by atoms with Crippen molar-refractivity contribution in [2.24, 2.45) is 4.99 Å². The second-order valence-electron chi connectivity index (χ2n) is 2.23. The van der Waals surface area contributed by atoms with Crippen molar-refractivity contribution in [1.82, 2.24) is 8.75 Å². The number of aromatic nitrogens is 2. The van der Waals surface area contributed by atoms with Crippen LogP contribution in [0.1, 0.15) is 0 Å². The van der Waals surface area contributed by atoms with E-state index in [1.165, 1.54) is 0 Å². The van der Waals surface area contributed by atoms with Gasteiger partial charge in [0.05, 0.1) is 21.9 Å². The Kier molecular flexibility index (Phi) is 2.33. The zero-order chi connectivity index (χ0) is 9.26. The summed E-state index contributed by atoms with van der Waals surface area (Å²) in [5.41, 5.74) is 2.00. The Balaban J connectivity index is 2.87. The Hall–Kier alpha value is -0.870. The van der Waals surface area contributed by atoms with E-state index in [-0.39, 0.29) is 0 Å². The third-order valence-corrected chi connectivity index (χ3v) is 2.45. The fraction of sp³-hybridized carbons (Fsp3) is 0. The van der Waals surface area contributed by atoms with E-state index in [1.807, 2.05) is 0 Å². The van der Waals surface area contributed by atoms with Crippen LogP contribution in [-0.4, -0.2) is 13.9 Å². The van der Waals surface area contributed by atoms with E-state index in [0.29, 0.717) is 16.2 Å². The summed E-state index contributed by atoms with van der Waals surface area (Å²) in [4.78, 5) is 3.84. The number of nitrogens with zero attached hydrogens (tertiary/aromatic N) is 3. The van der Waals surface area contributed by atoms with Crippen LogP contribution in [0.3, 0.4) is 0 Å². The molecule has 6 heteroatoms. The summed E-state index contributed by atoms with van der Waals surface area (Å²) < 4.78 is 8.12. The normalized spacial score (nSPS) is 9.92. The number of thiocarbonyl (C=S) groups is 1. The van der Waals surface area contributed by atoms with Crippen LogP contribution in [0.2, 0.25) is 5.02 Å². The zero-order valence-electron chi connectivity index (χ0n) is 6.19. The lowest BCUT2D eigenvalue weighted by Gasteiger charge is -1.94. The maximum atomic E-state index is 5.90. The first kappa shape index (κ1) is 8.72. The first-order valence-corrected chi connectivity index (χ1v) is 4.83. The Bertz CT molecular complexity index is 501. The average molecular weight is 228 g/mol. The fourth-order valence-electron chi connectivity index (χ4n) is 0.965. The molecule has 0 saturated carbocycles. The molecule has 0 radical (unpaired) electrons. The van der Waals surface area contributed by atoms with Gasteiger partial charge in [0.15, 0.2) is 0 Å². The number of aliphatic imine (C=N–C) groups is 1. The van der Waals surface area contributed by atoms with Gasteiger partial charge in [-0.3, -0.25) is 0 Å². The third kappa shape index (κ3) is 1.47. The molecular formula is C7H2ClN3S2. The van der Waals surface area contributed by atoms with Crippen molar-refractivity contribution in [3.05, 3.63) is 17.2 Å². The molecule has 0 unspecified atom stereocenters. The summed E-state index contributed by atoms with van der Waals surface area (Å²) in [6.07, 6.45) is 0. The standard InChI is InChI=1S/C7H2ClN3S2/c8-4-1-2-5-7(11-13-10-5)6(4)9-3-12/h1-2H. The molecule has 0 aliphatic heterocycles. The predicted molar refractivity (Wildman–Crippen MR) is 57.1 cm³/mol. The molecule has 0 aliphatic carbocycles. The van der Waals surface area contributed by atoms with E-state index < -0.39 is 0 Å². The molecule has 1 aromatic heterocycles. The second kappa shape index (κ2) is 3.47. The minimum Gasteiger partial charge on any atom is -0.191 e. The zero-order valence-corrected chi connectivity index (χ0v) is 8.58. The van der Waals surface area contributed by atoms with E-state index in [2.05, 4.69) is 31.1 Å². The molecule has 0 N–H and O–H groups in total. The molecule has 2 rings (SSSR count). The van der Waals surface area contributed by atoms with Crippen molar-refractivity contribution in [1.29, 1.82) is 0 Å². The molecule has 0 amide bonds. The third-order valence-electron chi connectivity index (χ3n) is 1.51. The molecule has 3 nitrogen and oxygen atoms in total. The molecule has 13 heavy (non-hydrogen) atoms. The maximum Gasteiger partial charge on any atom is 0.132 e. The Morgan fingerprint density at radius 3 is 3.08 bits per heavy atom.